The minimum Gasteiger partial charge on any atom is -0.494 e. The Morgan fingerprint density at radius 3 is 2.40 bits per heavy atom. The number of hydrogen-bond donors (Lipinski definition) is 1. The Hall–Kier alpha value is -4.38. The Bertz CT molecular complexity index is 1570. The van der Waals surface area contributed by atoms with Crippen molar-refractivity contribution in [1.29, 1.82) is 0 Å². The Morgan fingerprint density at radius 2 is 1.73 bits per heavy atom. The highest BCUT2D eigenvalue weighted by Crippen LogP contribution is 2.36. The SMILES string of the molecule is COC(=O)c1cc(C(C)(C)C)cc(NC(=O)c2ccc(C)c(OC3=CC(CN4CCCN(C(=O)OC(C)(C)C)CC4)N=CC3)c2)c1OC. The maximum atomic E-state index is 13.6. The van der Waals surface area contributed by atoms with Gasteiger partial charge in [0, 0.05) is 44.4 Å². The normalized spacial score (nSPS) is 17.2. The van der Waals surface area contributed by atoms with Gasteiger partial charge in [0.25, 0.3) is 5.91 Å². The third-order valence-electron chi connectivity index (χ3n) is 8.16. The molecule has 1 fully saturated rings. The summed E-state index contributed by atoms with van der Waals surface area (Å²) in [4.78, 5) is 47.6. The Labute approximate surface area is 284 Å². The highest BCUT2D eigenvalue weighted by atomic mass is 16.6. The summed E-state index contributed by atoms with van der Waals surface area (Å²) in [6.07, 6.45) is 5.01. The van der Waals surface area contributed by atoms with Crippen LogP contribution >= 0.6 is 0 Å². The van der Waals surface area contributed by atoms with Crippen LogP contribution in [0, 0.1) is 6.92 Å². The number of anilines is 1. The molecule has 260 valence electrons. The number of allylic oxidation sites excluding steroid dienone is 1. The van der Waals surface area contributed by atoms with Gasteiger partial charge in [-0.25, -0.2) is 9.59 Å². The molecule has 0 bridgehead atoms. The molecule has 1 N–H and O–H groups in total. The quantitative estimate of drug-likeness (QED) is 0.323. The number of aryl methyl sites for hydroxylation is 1. The first kappa shape index (κ1) is 36.5. The van der Waals surface area contributed by atoms with Crippen molar-refractivity contribution >= 4 is 29.9 Å². The van der Waals surface area contributed by atoms with Crippen LogP contribution in [0.15, 0.2) is 47.2 Å². The molecule has 2 aliphatic rings. The molecule has 2 aromatic carbocycles. The molecule has 2 aliphatic heterocycles. The van der Waals surface area contributed by atoms with Crippen molar-refractivity contribution < 1.29 is 33.3 Å². The number of nitrogens with zero attached hydrogens (tertiary/aromatic N) is 3. The standard InChI is InChI=1S/C37H50N4O7/c1-24-11-12-25(33(42)39-30-21-26(36(2,3)4)20-29(32(30)45-8)34(43)46-9)19-31(24)47-28-13-14-38-27(22-28)23-40-15-10-16-41(18-17-40)35(44)48-37(5,6)7/h11-12,14,19-22,27H,10,13,15-18,23H2,1-9H3,(H,39,42). The second kappa shape index (κ2) is 15.2. The third-order valence-corrected chi connectivity index (χ3v) is 8.16. The van der Waals surface area contributed by atoms with Gasteiger partial charge in [0.15, 0.2) is 5.75 Å². The highest BCUT2D eigenvalue weighted by molar-refractivity contribution is 6.07. The lowest BCUT2D eigenvalue weighted by Gasteiger charge is -2.27. The van der Waals surface area contributed by atoms with Gasteiger partial charge in [-0.05, 0) is 87.5 Å². The first-order valence-corrected chi connectivity index (χ1v) is 16.4. The van der Waals surface area contributed by atoms with Crippen molar-refractivity contribution in [2.45, 2.75) is 78.4 Å². The van der Waals surface area contributed by atoms with E-state index in [4.69, 9.17) is 23.9 Å². The predicted molar refractivity (Wildman–Crippen MR) is 187 cm³/mol. The minimum atomic E-state index is -0.555. The molecule has 11 heteroatoms. The van der Waals surface area contributed by atoms with E-state index in [9.17, 15) is 14.4 Å². The van der Waals surface area contributed by atoms with Crippen molar-refractivity contribution in [1.82, 2.24) is 9.80 Å². The van der Waals surface area contributed by atoms with Gasteiger partial charge in [-0.1, -0.05) is 26.8 Å². The average molecular weight is 663 g/mol. The number of carbonyl (C=O) groups is 3. The highest BCUT2D eigenvalue weighted by Gasteiger charge is 2.27. The zero-order chi connectivity index (χ0) is 35.2. The molecule has 0 radical (unpaired) electrons. The Balaban J connectivity index is 1.46. The summed E-state index contributed by atoms with van der Waals surface area (Å²) in [5, 5.41) is 2.94. The van der Waals surface area contributed by atoms with Gasteiger partial charge in [0.05, 0.1) is 25.9 Å². The van der Waals surface area contributed by atoms with Crippen molar-refractivity contribution in [3.8, 4) is 11.5 Å². The molecule has 1 atom stereocenters. The first-order valence-electron chi connectivity index (χ1n) is 16.4. The van der Waals surface area contributed by atoms with Gasteiger partial charge < -0.3 is 29.2 Å². The Kier molecular flexibility index (Phi) is 11.6. The van der Waals surface area contributed by atoms with Crippen LogP contribution in [-0.4, -0.2) is 92.6 Å². The largest absolute Gasteiger partial charge is 0.494 e. The lowest BCUT2D eigenvalue weighted by atomic mass is 9.85. The molecule has 2 amide bonds. The topological polar surface area (TPSA) is 119 Å². The summed E-state index contributed by atoms with van der Waals surface area (Å²) in [6, 6.07) is 8.75. The van der Waals surface area contributed by atoms with Gasteiger partial charge in [-0.3, -0.25) is 14.7 Å². The summed E-state index contributed by atoms with van der Waals surface area (Å²) in [5.41, 5.74) is 1.88. The van der Waals surface area contributed by atoms with Crippen LogP contribution in [0.25, 0.3) is 0 Å². The number of methoxy groups -OCH3 is 2. The molecule has 2 heterocycles. The van der Waals surface area contributed by atoms with E-state index in [0.29, 0.717) is 43.1 Å². The number of benzene rings is 2. The number of amides is 2. The number of rotatable bonds is 8. The van der Waals surface area contributed by atoms with Crippen LogP contribution in [0.4, 0.5) is 10.5 Å². The van der Waals surface area contributed by atoms with E-state index in [2.05, 4.69) is 10.2 Å². The van der Waals surface area contributed by atoms with E-state index in [1.807, 2.05) is 72.9 Å². The van der Waals surface area contributed by atoms with Crippen molar-refractivity contribution in [2.24, 2.45) is 4.99 Å². The van der Waals surface area contributed by atoms with E-state index in [1.165, 1.54) is 14.2 Å². The molecule has 4 rings (SSSR count). The molecule has 11 nitrogen and oxygen atoms in total. The van der Waals surface area contributed by atoms with Crippen molar-refractivity contribution in [2.75, 3.05) is 52.3 Å². The summed E-state index contributed by atoms with van der Waals surface area (Å²) in [6.45, 7) is 17.2. The number of nitrogens with one attached hydrogen (secondary N) is 1. The number of carbonyl (C=O) groups excluding carboxylic acids is 3. The number of aliphatic imine (C=N–C) groups is 1. The van der Waals surface area contributed by atoms with Crippen molar-refractivity contribution in [3.63, 3.8) is 0 Å². The van der Waals surface area contributed by atoms with Gasteiger partial charge in [-0.2, -0.15) is 0 Å². The number of dihydropyridines is 1. The second-order valence-corrected chi connectivity index (χ2v) is 14.2. The fourth-order valence-corrected chi connectivity index (χ4v) is 5.53. The molecule has 0 aliphatic carbocycles. The fourth-order valence-electron chi connectivity index (χ4n) is 5.53. The lowest BCUT2D eigenvalue weighted by Crippen LogP contribution is -2.40. The van der Waals surface area contributed by atoms with E-state index in [0.717, 1.165) is 36.4 Å². The minimum absolute atomic E-state index is 0.0971. The van der Waals surface area contributed by atoms with Gasteiger partial charge >= 0.3 is 12.1 Å². The lowest BCUT2D eigenvalue weighted by molar-refractivity contribution is 0.0257. The smallest absolute Gasteiger partial charge is 0.410 e. The number of hydrogen-bond acceptors (Lipinski definition) is 9. The van der Waals surface area contributed by atoms with Crippen LogP contribution in [0.5, 0.6) is 11.5 Å². The summed E-state index contributed by atoms with van der Waals surface area (Å²) < 4.78 is 22.5. The van der Waals surface area contributed by atoms with E-state index in [1.54, 1.807) is 23.1 Å². The van der Waals surface area contributed by atoms with Crippen molar-refractivity contribution in [3.05, 3.63) is 64.4 Å². The van der Waals surface area contributed by atoms with Crippen LogP contribution in [0.2, 0.25) is 0 Å². The molecule has 2 aromatic rings. The average Bonchev–Trinajstić information content (AvgIpc) is 3.26. The molecule has 1 saturated heterocycles. The van der Waals surface area contributed by atoms with E-state index in [-0.39, 0.29) is 34.8 Å². The van der Waals surface area contributed by atoms with Gasteiger partial charge in [-0.15, -0.1) is 0 Å². The first-order chi connectivity index (χ1) is 22.6. The molecule has 48 heavy (non-hydrogen) atoms. The Morgan fingerprint density at radius 1 is 0.979 bits per heavy atom. The second-order valence-electron chi connectivity index (χ2n) is 14.2. The molecule has 0 aromatic heterocycles. The zero-order valence-corrected chi connectivity index (χ0v) is 29.8. The predicted octanol–water partition coefficient (Wildman–Crippen LogP) is 6.39. The zero-order valence-electron chi connectivity index (χ0n) is 29.8. The van der Waals surface area contributed by atoms with Crippen LogP contribution in [-0.2, 0) is 14.9 Å². The molecular weight excluding hydrogens is 612 g/mol. The summed E-state index contributed by atoms with van der Waals surface area (Å²) in [7, 11) is 2.76. The van der Waals surface area contributed by atoms with E-state index < -0.39 is 11.6 Å². The molecule has 0 saturated carbocycles. The fraction of sp³-hybridized carbons (Fsp3) is 0.514. The molecule has 1 unspecified atom stereocenters. The molecular formula is C37H50N4O7. The van der Waals surface area contributed by atoms with Crippen LogP contribution in [0.1, 0.15) is 86.2 Å². The summed E-state index contributed by atoms with van der Waals surface area (Å²) in [5.74, 6) is 0.616. The van der Waals surface area contributed by atoms with E-state index >= 15 is 0 Å². The van der Waals surface area contributed by atoms with Gasteiger partial charge in [0.2, 0.25) is 0 Å². The van der Waals surface area contributed by atoms with Crippen LogP contribution < -0.4 is 14.8 Å². The maximum absolute atomic E-state index is 13.6. The number of esters is 1. The third kappa shape index (κ3) is 9.59. The molecule has 0 spiro atoms. The van der Waals surface area contributed by atoms with Crippen LogP contribution in [0.3, 0.4) is 0 Å². The van der Waals surface area contributed by atoms with Gasteiger partial charge in [0.1, 0.15) is 22.7 Å². The monoisotopic (exact) mass is 662 g/mol. The maximum Gasteiger partial charge on any atom is 0.410 e. The summed E-state index contributed by atoms with van der Waals surface area (Å²) >= 11 is 0. The number of ether oxygens (including phenoxy) is 4.